The van der Waals surface area contributed by atoms with Gasteiger partial charge in [0.15, 0.2) is 0 Å². The van der Waals surface area contributed by atoms with E-state index in [2.05, 4.69) is 17.6 Å². The Morgan fingerprint density at radius 2 is 2.15 bits per heavy atom. The van der Waals surface area contributed by atoms with Gasteiger partial charge in [-0.05, 0) is 33.1 Å². The molecule has 3 fully saturated rings. The van der Waals surface area contributed by atoms with Crippen LogP contribution in [0.25, 0.3) is 0 Å². The molecule has 2 aliphatic heterocycles. The van der Waals surface area contributed by atoms with Crippen LogP contribution in [0.2, 0.25) is 0 Å². The summed E-state index contributed by atoms with van der Waals surface area (Å²) in [4.78, 5) is 15.3. The van der Waals surface area contributed by atoms with E-state index in [-0.39, 0.29) is 30.2 Å². The number of hydrogen-bond donors (Lipinski definition) is 2. The van der Waals surface area contributed by atoms with Crippen molar-refractivity contribution in [3.8, 4) is 0 Å². The number of amides is 1. The van der Waals surface area contributed by atoms with Crippen molar-refractivity contribution in [1.29, 1.82) is 0 Å². The SMILES string of the molecule is CCOC1CC(NC2CCOCC2OC)CC1(C)C(=O)N1CCNCC1. The molecule has 2 saturated heterocycles. The highest BCUT2D eigenvalue weighted by Crippen LogP contribution is 2.42. The zero-order valence-corrected chi connectivity index (χ0v) is 16.5. The summed E-state index contributed by atoms with van der Waals surface area (Å²) >= 11 is 0. The fourth-order valence-corrected chi connectivity index (χ4v) is 4.72. The molecule has 1 aliphatic carbocycles. The highest BCUT2D eigenvalue weighted by molar-refractivity contribution is 5.83. The van der Waals surface area contributed by atoms with Crippen LogP contribution >= 0.6 is 0 Å². The van der Waals surface area contributed by atoms with Gasteiger partial charge in [0, 0.05) is 58.6 Å². The molecule has 26 heavy (non-hydrogen) atoms. The quantitative estimate of drug-likeness (QED) is 0.706. The third kappa shape index (κ3) is 4.22. The maximum atomic E-state index is 13.3. The fraction of sp³-hybridized carbons (Fsp3) is 0.947. The summed E-state index contributed by atoms with van der Waals surface area (Å²) in [6.07, 6.45) is 2.67. The van der Waals surface area contributed by atoms with Crippen LogP contribution in [0, 0.1) is 5.41 Å². The summed E-state index contributed by atoms with van der Waals surface area (Å²) in [7, 11) is 1.74. The monoisotopic (exact) mass is 369 g/mol. The number of carbonyl (C=O) groups is 1. The number of nitrogens with one attached hydrogen (secondary N) is 2. The average Bonchev–Trinajstić information content (AvgIpc) is 2.99. The Hall–Kier alpha value is -0.730. The van der Waals surface area contributed by atoms with E-state index in [1.165, 1.54) is 0 Å². The summed E-state index contributed by atoms with van der Waals surface area (Å²) in [5.41, 5.74) is -0.460. The molecule has 2 N–H and O–H groups in total. The summed E-state index contributed by atoms with van der Waals surface area (Å²) in [5.74, 6) is 0.247. The van der Waals surface area contributed by atoms with Crippen molar-refractivity contribution >= 4 is 5.91 Å². The predicted octanol–water partition coefficient (Wildman–Crippen LogP) is 0.386. The van der Waals surface area contributed by atoms with E-state index in [9.17, 15) is 4.79 Å². The topological polar surface area (TPSA) is 72.1 Å². The standard InChI is InChI=1S/C19H35N3O4/c1-4-26-17-11-14(21-15-5-10-25-13-16(15)24-3)12-19(17,2)18(23)22-8-6-20-7-9-22/h14-17,20-21H,4-13H2,1-3H3. The van der Waals surface area contributed by atoms with E-state index in [0.29, 0.717) is 13.2 Å². The zero-order chi connectivity index (χ0) is 18.6. The van der Waals surface area contributed by atoms with Crippen molar-refractivity contribution in [2.45, 2.75) is 57.4 Å². The summed E-state index contributed by atoms with van der Waals surface area (Å²) in [5, 5.41) is 7.07. The predicted molar refractivity (Wildman–Crippen MR) is 99.1 cm³/mol. The van der Waals surface area contributed by atoms with Crippen molar-refractivity contribution in [3.05, 3.63) is 0 Å². The Bertz CT molecular complexity index is 472. The van der Waals surface area contributed by atoms with Crippen LogP contribution in [0.5, 0.6) is 0 Å². The molecule has 3 rings (SSSR count). The lowest BCUT2D eigenvalue weighted by atomic mass is 9.84. The van der Waals surface area contributed by atoms with Crippen LogP contribution in [-0.2, 0) is 19.0 Å². The Kier molecular flexibility index (Phi) is 6.91. The summed E-state index contributed by atoms with van der Waals surface area (Å²) < 4.78 is 17.2. The highest BCUT2D eigenvalue weighted by atomic mass is 16.5. The second kappa shape index (κ2) is 8.97. The van der Waals surface area contributed by atoms with Gasteiger partial charge in [0.1, 0.15) is 0 Å². The highest BCUT2D eigenvalue weighted by Gasteiger charge is 2.52. The Morgan fingerprint density at radius 1 is 1.38 bits per heavy atom. The van der Waals surface area contributed by atoms with E-state index in [4.69, 9.17) is 14.2 Å². The van der Waals surface area contributed by atoms with Crippen molar-refractivity contribution < 1.29 is 19.0 Å². The minimum Gasteiger partial charge on any atom is -0.379 e. The second-order valence-electron chi connectivity index (χ2n) is 7.95. The molecule has 7 heteroatoms. The molecule has 1 saturated carbocycles. The smallest absolute Gasteiger partial charge is 0.231 e. The first-order chi connectivity index (χ1) is 12.6. The lowest BCUT2D eigenvalue weighted by molar-refractivity contribution is -0.149. The van der Waals surface area contributed by atoms with Crippen LogP contribution in [0.15, 0.2) is 0 Å². The van der Waals surface area contributed by atoms with Crippen molar-refractivity contribution in [2.75, 3.05) is 53.1 Å². The Balaban J connectivity index is 1.67. The van der Waals surface area contributed by atoms with Crippen LogP contribution < -0.4 is 10.6 Å². The van der Waals surface area contributed by atoms with Gasteiger partial charge >= 0.3 is 0 Å². The molecule has 3 aliphatic rings. The van der Waals surface area contributed by atoms with E-state index < -0.39 is 5.41 Å². The number of carbonyl (C=O) groups excluding carboxylic acids is 1. The Morgan fingerprint density at radius 3 is 2.85 bits per heavy atom. The Labute approximate surface area is 157 Å². The molecule has 1 amide bonds. The molecule has 0 bridgehead atoms. The molecule has 0 aromatic carbocycles. The van der Waals surface area contributed by atoms with E-state index in [1.807, 2.05) is 11.8 Å². The number of hydrogen-bond acceptors (Lipinski definition) is 6. The minimum absolute atomic E-state index is 0.0341. The van der Waals surface area contributed by atoms with Gasteiger partial charge in [0.25, 0.3) is 0 Å². The maximum absolute atomic E-state index is 13.3. The molecule has 150 valence electrons. The van der Waals surface area contributed by atoms with Crippen molar-refractivity contribution in [2.24, 2.45) is 5.41 Å². The first-order valence-electron chi connectivity index (χ1n) is 10.1. The maximum Gasteiger partial charge on any atom is 0.231 e. The van der Waals surface area contributed by atoms with E-state index in [1.54, 1.807) is 7.11 Å². The van der Waals surface area contributed by atoms with Gasteiger partial charge in [-0.3, -0.25) is 4.79 Å². The third-order valence-electron chi connectivity index (χ3n) is 6.20. The van der Waals surface area contributed by atoms with Crippen LogP contribution in [-0.4, -0.2) is 88.2 Å². The molecular formula is C19H35N3O4. The van der Waals surface area contributed by atoms with E-state index >= 15 is 0 Å². The molecule has 0 radical (unpaired) electrons. The lowest BCUT2D eigenvalue weighted by Gasteiger charge is -2.37. The van der Waals surface area contributed by atoms with Gasteiger partial charge in [-0.25, -0.2) is 0 Å². The molecule has 2 heterocycles. The van der Waals surface area contributed by atoms with E-state index in [0.717, 1.165) is 52.0 Å². The van der Waals surface area contributed by atoms with Crippen LogP contribution in [0.4, 0.5) is 0 Å². The number of rotatable bonds is 6. The molecule has 0 aromatic rings. The molecule has 7 nitrogen and oxygen atoms in total. The molecule has 5 atom stereocenters. The van der Waals surface area contributed by atoms with Gasteiger partial charge in [-0.2, -0.15) is 0 Å². The lowest BCUT2D eigenvalue weighted by Crippen LogP contribution is -2.54. The second-order valence-corrected chi connectivity index (χ2v) is 7.95. The number of nitrogens with zero attached hydrogens (tertiary/aromatic N) is 1. The van der Waals surface area contributed by atoms with Gasteiger partial charge in [-0.1, -0.05) is 0 Å². The normalized spacial score (nSPS) is 38.5. The number of piperazine rings is 1. The van der Waals surface area contributed by atoms with Crippen molar-refractivity contribution in [1.82, 2.24) is 15.5 Å². The first-order valence-corrected chi connectivity index (χ1v) is 10.1. The van der Waals surface area contributed by atoms with Gasteiger partial charge in [-0.15, -0.1) is 0 Å². The number of methoxy groups -OCH3 is 1. The summed E-state index contributed by atoms with van der Waals surface area (Å²) in [6, 6.07) is 0.543. The third-order valence-corrected chi connectivity index (χ3v) is 6.20. The molecule has 5 unspecified atom stereocenters. The van der Waals surface area contributed by atoms with Gasteiger partial charge in [0.05, 0.1) is 24.2 Å². The largest absolute Gasteiger partial charge is 0.379 e. The van der Waals surface area contributed by atoms with Gasteiger partial charge in [0.2, 0.25) is 5.91 Å². The number of ether oxygens (including phenoxy) is 3. The van der Waals surface area contributed by atoms with Crippen LogP contribution in [0.1, 0.15) is 33.1 Å². The molecular weight excluding hydrogens is 334 g/mol. The first kappa shape index (κ1) is 20.0. The fourth-order valence-electron chi connectivity index (χ4n) is 4.72. The van der Waals surface area contributed by atoms with Crippen LogP contribution in [0.3, 0.4) is 0 Å². The zero-order valence-electron chi connectivity index (χ0n) is 16.5. The minimum atomic E-state index is -0.460. The van der Waals surface area contributed by atoms with Crippen molar-refractivity contribution in [3.63, 3.8) is 0 Å². The molecule has 0 spiro atoms. The van der Waals surface area contributed by atoms with Gasteiger partial charge < -0.3 is 29.7 Å². The molecule has 0 aromatic heterocycles. The average molecular weight is 370 g/mol. The summed E-state index contributed by atoms with van der Waals surface area (Å²) in [6.45, 7) is 9.46.